The monoisotopic (exact) mass is 239 g/mol. The van der Waals surface area contributed by atoms with Gasteiger partial charge in [-0.05, 0) is 12.3 Å². The highest BCUT2D eigenvalue weighted by Gasteiger charge is 2.17. The molecule has 0 aliphatic rings. The van der Waals surface area contributed by atoms with Crippen LogP contribution < -0.4 is 0 Å². The van der Waals surface area contributed by atoms with Crippen molar-refractivity contribution >= 4 is 17.0 Å². The number of ether oxygens (including phenoxy) is 1. The minimum Gasteiger partial charge on any atom is -0.772 e. The number of esters is 1. The lowest BCUT2D eigenvalue weighted by atomic mass is 10.0. The molecule has 0 rings (SSSR count). The molecule has 15 heavy (non-hydrogen) atoms. The van der Waals surface area contributed by atoms with E-state index in [1.165, 1.54) is 6.92 Å². The Hall–Kier alpha value is -0.500. The van der Waals surface area contributed by atoms with Crippen molar-refractivity contribution < 1.29 is 28.5 Å². The van der Waals surface area contributed by atoms with E-state index < -0.39 is 35.0 Å². The molecule has 7 heteroatoms. The standard InChI is InChI=1S/C8H16O6S/c1-6(15(12)13)2-7(4-9)3-8(11)14-5-10/h6-7,9-10H,2-5H2,1H3,(H,12,13)/p-1. The molecule has 0 aromatic heterocycles. The van der Waals surface area contributed by atoms with Gasteiger partial charge in [0.15, 0.2) is 6.79 Å². The maximum absolute atomic E-state index is 10.9. The summed E-state index contributed by atoms with van der Waals surface area (Å²) in [6, 6.07) is 0. The maximum Gasteiger partial charge on any atom is 0.308 e. The number of aliphatic hydroxyl groups excluding tert-OH is 2. The van der Waals surface area contributed by atoms with Gasteiger partial charge in [-0.25, -0.2) is 0 Å². The topological polar surface area (TPSA) is 107 Å². The molecule has 6 nitrogen and oxygen atoms in total. The van der Waals surface area contributed by atoms with Gasteiger partial charge in [-0.3, -0.25) is 9.00 Å². The molecule has 0 bridgehead atoms. The van der Waals surface area contributed by atoms with E-state index in [1.807, 2.05) is 0 Å². The summed E-state index contributed by atoms with van der Waals surface area (Å²) in [4.78, 5) is 10.9. The van der Waals surface area contributed by atoms with Gasteiger partial charge in [0.2, 0.25) is 0 Å². The van der Waals surface area contributed by atoms with Gasteiger partial charge >= 0.3 is 5.97 Å². The second-order valence-electron chi connectivity index (χ2n) is 3.20. The first-order valence-corrected chi connectivity index (χ1v) is 5.60. The zero-order valence-corrected chi connectivity index (χ0v) is 9.24. The van der Waals surface area contributed by atoms with Crippen molar-refractivity contribution in [1.82, 2.24) is 0 Å². The lowest BCUT2D eigenvalue weighted by Crippen LogP contribution is -2.21. The Labute approximate surface area is 90.5 Å². The third kappa shape index (κ3) is 6.56. The lowest BCUT2D eigenvalue weighted by Gasteiger charge is -2.20. The van der Waals surface area contributed by atoms with E-state index in [1.54, 1.807) is 0 Å². The average molecular weight is 239 g/mol. The average Bonchev–Trinajstić information content (AvgIpc) is 2.16. The van der Waals surface area contributed by atoms with Gasteiger partial charge in [0.25, 0.3) is 0 Å². The van der Waals surface area contributed by atoms with E-state index in [0.717, 1.165) is 0 Å². The van der Waals surface area contributed by atoms with Crippen molar-refractivity contribution in [2.24, 2.45) is 5.92 Å². The molecule has 0 aliphatic heterocycles. The van der Waals surface area contributed by atoms with Gasteiger partial charge in [0, 0.05) is 11.9 Å². The molecule has 2 N–H and O–H groups in total. The molecule has 3 unspecified atom stereocenters. The van der Waals surface area contributed by atoms with Crippen LogP contribution in [0.2, 0.25) is 0 Å². The van der Waals surface area contributed by atoms with E-state index in [2.05, 4.69) is 4.74 Å². The molecule has 0 heterocycles. The number of rotatable bonds is 7. The number of carbonyl (C=O) groups excluding carboxylic acids is 1. The minimum absolute atomic E-state index is 0.0986. The Balaban J connectivity index is 4.02. The van der Waals surface area contributed by atoms with Crippen LogP contribution in [0.5, 0.6) is 0 Å². The summed E-state index contributed by atoms with van der Waals surface area (Å²) in [6.07, 6.45) is 0.0890. The predicted molar refractivity (Wildman–Crippen MR) is 51.4 cm³/mol. The van der Waals surface area contributed by atoms with Crippen LogP contribution in [0, 0.1) is 5.92 Å². The Morgan fingerprint density at radius 3 is 2.53 bits per heavy atom. The number of hydrogen-bond acceptors (Lipinski definition) is 6. The van der Waals surface area contributed by atoms with Crippen LogP contribution in [0.25, 0.3) is 0 Å². The second kappa shape index (κ2) is 7.75. The van der Waals surface area contributed by atoms with Gasteiger partial charge in [0.05, 0.1) is 6.42 Å². The number of aliphatic hydroxyl groups is 2. The van der Waals surface area contributed by atoms with Crippen molar-refractivity contribution in [2.45, 2.75) is 25.0 Å². The molecule has 0 amide bonds. The van der Waals surface area contributed by atoms with Crippen LogP contribution in [-0.4, -0.2) is 43.6 Å². The predicted octanol–water partition coefficient (Wildman–Crippen LogP) is -0.864. The largest absolute Gasteiger partial charge is 0.772 e. The minimum atomic E-state index is -2.21. The lowest BCUT2D eigenvalue weighted by molar-refractivity contribution is -0.153. The highest BCUT2D eigenvalue weighted by atomic mass is 32.2. The number of carbonyl (C=O) groups is 1. The van der Waals surface area contributed by atoms with Gasteiger partial charge in [-0.1, -0.05) is 18.0 Å². The Bertz CT molecular complexity index is 219. The van der Waals surface area contributed by atoms with Crippen molar-refractivity contribution in [1.29, 1.82) is 0 Å². The van der Waals surface area contributed by atoms with Crippen molar-refractivity contribution in [3.05, 3.63) is 0 Å². The Kier molecular flexibility index (Phi) is 7.49. The van der Waals surface area contributed by atoms with E-state index in [0.29, 0.717) is 0 Å². The molecule has 0 spiro atoms. The highest BCUT2D eigenvalue weighted by Crippen LogP contribution is 2.14. The quantitative estimate of drug-likeness (QED) is 0.340. The highest BCUT2D eigenvalue weighted by molar-refractivity contribution is 7.79. The third-order valence-electron chi connectivity index (χ3n) is 1.93. The fourth-order valence-electron chi connectivity index (χ4n) is 1.14. The van der Waals surface area contributed by atoms with Gasteiger partial charge < -0.3 is 19.5 Å². The molecule has 0 fully saturated rings. The zero-order chi connectivity index (χ0) is 11.8. The molecule has 3 atom stereocenters. The van der Waals surface area contributed by atoms with E-state index in [9.17, 15) is 13.6 Å². The summed E-state index contributed by atoms with van der Waals surface area (Å²) >= 11 is -2.21. The van der Waals surface area contributed by atoms with Gasteiger partial charge in [-0.2, -0.15) is 0 Å². The molecule has 0 radical (unpaired) electrons. The van der Waals surface area contributed by atoms with E-state index in [-0.39, 0.29) is 19.4 Å². The van der Waals surface area contributed by atoms with Gasteiger partial charge in [-0.15, -0.1) is 0 Å². The van der Waals surface area contributed by atoms with Crippen LogP contribution in [0.1, 0.15) is 19.8 Å². The van der Waals surface area contributed by atoms with Gasteiger partial charge in [0.1, 0.15) is 0 Å². The summed E-state index contributed by atoms with van der Waals surface area (Å²) in [5.41, 5.74) is 0. The van der Waals surface area contributed by atoms with E-state index in [4.69, 9.17) is 10.2 Å². The van der Waals surface area contributed by atoms with Crippen molar-refractivity contribution in [3.63, 3.8) is 0 Å². The molecular formula is C8H15O6S-. The summed E-state index contributed by atoms with van der Waals surface area (Å²) in [5.74, 6) is -1.11. The second-order valence-corrected chi connectivity index (χ2v) is 4.53. The molecule has 0 aliphatic carbocycles. The summed E-state index contributed by atoms with van der Waals surface area (Å²) in [6.45, 7) is 0.491. The molecule has 0 aromatic rings. The van der Waals surface area contributed by atoms with Crippen LogP contribution >= 0.6 is 0 Å². The first-order chi connectivity index (χ1) is 7.01. The van der Waals surface area contributed by atoms with E-state index >= 15 is 0 Å². The fourth-order valence-corrected chi connectivity index (χ4v) is 1.57. The summed E-state index contributed by atoms with van der Waals surface area (Å²) in [7, 11) is 0. The molecule has 90 valence electrons. The van der Waals surface area contributed by atoms with Crippen LogP contribution in [0.15, 0.2) is 0 Å². The summed E-state index contributed by atoms with van der Waals surface area (Å²) < 4.78 is 25.3. The summed E-state index contributed by atoms with van der Waals surface area (Å²) in [5, 5.41) is 16.6. The number of hydrogen-bond donors (Lipinski definition) is 2. The van der Waals surface area contributed by atoms with Crippen LogP contribution in [0.4, 0.5) is 0 Å². The first-order valence-electron chi connectivity index (χ1n) is 4.46. The van der Waals surface area contributed by atoms with Crippen molar-refractivity contribution in [2.75, 3.05) is 13.4 Å². The maximum atomic E-state index is 10.9. The normalized spacial score (nSPS) is 16.8. The molecular weight excluding hydrogens is 224 g/mol. The van der Waals surface area contributed by atoms with Crippen LogP contribution in [-0.2, 0) is 20.6 Å². The fraction of sp³-hybridized carbons (Fsp3) is 0.875. The SMILES string of the molecule is CC(CC(CO)CC(=O)OCO)S(=O)[O-]. The molecule has 0 aromatic carbocycles. The van der Waals surface area contributed by atoms with Crippen molar-refractivity contribution in [3.8, 4) is 0 Å². The van der Waals surface area contributed by atoms with Crippen LogP contribution in [0.3, 0.4) is 0 Å². The molecule has 0 saturated carbocycles. The first kappa shape index (κ1) is 14.5. The Morgan fingerprint density at radius 1 is 1.53 bits per heavy atom. The molecule has 0 saturated heterocycles. The third-order valence-corrected chi connectivity index (χ3v) is 2.78. The Morgan fingerprint density at radius 2 is 2.13 bits per heavy atom. The zero-order valence-electron chi connectivity index (χ0n) is 8.42. The smallest absolute Gasteiger partial charge is 0.308 e.